The highest BCUT2D eigenvalue weighted by Gasteiger charge is 2.32. The van der Waals surface area contributed by atoms with Crippen molar-refractivity contribution in [2.24, 2.45) is 5.92 Å². The first-order chi connectivity index (χ1) is 15.7. The summed E-state index contributed by atoms with van der Waals surface area (Å²) in [6, 6.07) is 14.9. The lowest BCUT2D eigenvalue weighted by Crippen LogP contribution is -2.34. The second-order valence-corrected chi connectivity index (χ2v) is 9.77. The van der Waals surface area contributed by atoms with Crippen LogP contribution in [0.5, 0.6) is 0 Å². The zero-order chi connectivity index (χ0) is 21.9. The Morgan fingerprint density at radius 2 is 1.67 bits per heavy atom. The molecule has 176 valence electrons. The molecule has 1 amide bonds. The molecule has 2 aromatic carbocycles. The minimum absolute atomic E-state index is 0. The van der Waals surface area contributed by atoms with Gasteiger partial charge in [-0.2, -0.15) is 0 Å². The summed E-state index contributed by atoms with van der Waals surface area (Å²) < 4.78 is 0. The van der Waals surface area contributed by atoms with Crippen molar-refractivity contribution in [2.75, 3.05) is 31.1 Å². The number of ketones is 1. The van der Waals surface area contributed by atoms with E-state index in [4.69, 9.17) is 0 Å². The Labute approximate surface area is 203 Å². The number of carbonyl (C=O) groups excluding carboxylic acids is 2. The lowest BCUT2D eigenvalue weighted by Gasteiger charge is -2.32. The van der Waals surface area contributed by atoms with Crippen molar-refractivity contribution in [3.63, 3.8) is 0 Å². The SMILES string of the molecule is Cl.O=C(CCC1CCN(CCCc2ccccc2)CC1)c1cc2c3c(c1)CCN3C(=O)CC2. The molecular formula is C28H35ClN2O2. The third-order valence-corrected chi connectivity index (χ3v) is 7.64. The van der Waals surface area contributed by atoms with E-state index in [0.717, 1.165) is 43.5 Å². The van der Waals surface area contributed by atoms with E-state index >= 15 is 0 Å². The normalized spacial score (nSPS) is 18.2. The maximum Gasteiger partial charge on any atom is 0.227 e. The summed E-state index contributed by atoms with van der Waals surface area (Å²) in [5.74, 6) is 1.19. The monoisotopic (exact) mass is 466 g/mol. The van der Waals surface area contributed by atoms with Crippen LogP contribution >= 0.6 is 12.4 Å². The highest BCUT2D eigenvalue weighted by atomic mass is 35.5. The number of hydrogen-bond acceptors (Lipinski definition) is 3. The molecule has 5 rings (SSSR count). The summed E-state index contributed by atoms with van der Waals surface area (Å²) in [6.45, 7) is 4.29. The van der Waals surface area contributed by atoms with Crippen LogP contribution in [0.1, 0.15) is 65.6 Å². The first-order valence-corrected chi connectivity index (χ1v) is 12.4. The van der Waals surface area contributed by atoms with Crippen molar-refractivity contribution in [1.82, 2.24) is 4.90 Å². The van der Waals surface area contributed by atoms with Gasteiger partial charge in [0.2, 0.25) is 5.91 Å². The van der Waals surface area contributed by atoms with E-state index in [1.165, 1.54) is 55.6 Å². The second kappa shape index (κ2) is 10.8. The molecule has 1 saturated heterocycles. The number of Topliss-reactive ketones (excluding diaryl/α,β-unsaturated/α-hetero) is 1. The van der Waals surface area contributed by atoms with Gasteiger partial charge in [-0.1, -0.05) is 30.3 Å². The van der Waals surface area contributed by atoms with Gasteiger partial charge in [-0.3, -0.25) is 9.59 Å². The molecule has 0 aliphatic carbocycles. The molecule has 0 aromatic heterocycles. The van der Waals surface area contributed by atoms with Crippen LogP contribution in [0.2, 0.25) is 0 Å². The number of nitrogens with zero attached hydrogens (tertiary/aromatic N) is 2. The van der Waals surface area contributed by atoms with Gasteiger partial charge < -0.3 is 9.80 Å². The highest BCUT2D eigenvalue weighted by Crippen LogP contribution is 2.38. The lowest BCUT2D eigenvalue weighted by atomic mass is 9.89. The number of amides is 1. The molecule has 0 atom stereocenters. The van der Waals surface area contributed by atoms with Gasteiger partial charge in [-0.05, 0) is 99.3 Å². The van der Waals surface area contributed by atoms with E-state index in [2.05, 4.69) is 47.4 Å². The molecule has 4 nitrogen and oxygen atoms in total. The lowest BCUT2D eigenvalue weighted by molar-refractivity contribution is -0.118. The Hall–Kier alpha value is -2.17. The zero-order valence-corrected chi connectivity index (χ0v) is 20.2. The van der Waals surface area contributed by atoms with E-state index in [-0.39, 0.29) is 24.1 Å². The van der Waals surface area contributed by atoms with Gasteiger partial charge in [0.05, 0.1) is 5.69 Å². The van der Waals surface area contributed by atoms with E-state index in [9.17, 15) is 9.59 Å². The fourth-order valence-electron chi connectivity index (χ4n) is 5.75. The van der Waals surface area contributed by atoms with Crippen LogP contribution in [0.4, 0.5) is 5.69 Å². The van der Waals surface area contributed by atoms with Crippen LogP contribution in [0.3, 0.4) is 0 Å². The summed E-state index contributed by atoms with van der Waals surface area (Å²) in [5, 5.41) is 0. The number of anilines is 1. The number of carbonyl (C=O) groups is 2. The number of benzene rings is 2. The van der Waals surface area contributed by atoms with Crippen LogP contribution in [-0.4, -0.2) is 42.8 Å². The average Bonchev–Trinajstić information content (AvgIpc) is 3.27. The predicted molar refractivity (Wildman–Crippen MR) is 136 cm³/mol. The van der Waals surface area contributed by atoms with Crippen molar-refractivity contribution in [3.05, 3.63) is 64.7 Å². The molecule has 3 heterocycles. The molecule has 33 heavy (non-hydrogen) atoms. The van der Waals surface area contributed by atoms with Crippen LogP contribution in [0.15, 0.2) is 42.5 Å². The molecule has 0 bridgehead atoms. The molecule has 0 N–H and O–H groups in total. The van der Waals surface area contributed by atoms with E-state index in [0.29, 0.717) is 18.8 Å². The third-order valence-electron chi connectivity index (χ3n) is 7.64. The van der Waals surface area contributed by atoms with Crippen molar-refractivity contribution in [2.45, 2.75) is 57.8 Å². The average molecular weight is 467 g/mol. The summed E-state index contributed by atoms with van der Waals surface area (Å²) in [4.78, 5) is 29.6. The summed E-state index contributed by atoms with van der Waals surface area (Å²) in [5.41, 5.74) is 5.81. The molecule has 0 saturated carbocycles. The fraction of sp³-hybridized carbons (Fsp3) is 0.500. The van der Waals surface area contributed by atoms with Crippen LogP contribution < -0.4 is 4.90 Å². The van der Waals surface area contributed by atoms with E-state index in [1.807, 2.05) is 4.90 Å². The fourth-order valence-corrected chi connectivity index (χ4v) is 5.75. The highest BCUT2D eigenvalue weighted by molar-refractivity contribution is 6.02. The van der Waals surface area contributed by atoms with E-state index in [1.54, 1.807) is 0 Å². The molecule has 1 fully saturated rings. The smallest absolute Gasteiger partial charge is 0.227 e. The largest absolute Gasteiger partial charge is 0.312 e. The Balaban J connectivity index is 0.00000259. The summed E-state index contributed by atoms with van der Waals surface area (Å²) in [7, 11) is 0. The second-order valence-electron chi connectivity index (χ2n) is 9.77. The molecule has 0 radical (unpaired) electrons. The van der Waals surface area contributed by atoms with E-state index < -0.39 is 0 Å². The van der Waals surface area contributed by atoms with Gasteiger partial charge in [0.15, 0.2) is 5.78 Å². The maximum atomic E-state index is 13.0. The van der Waals surface area contributed by atoms with Gasteiger partial charge in [-0.25, -0.2) is 0 Å². The first-order valence-electron chi connectivity index (χ1n) is 12.4. The molecular weight excluding hydrogens is 432 g/mol. The quantitative estimate of drug-likeness (QED) is 0.499. The summed E-state index contributed by atoms with van der Waals surface area (Å²) >= 11 is 0. The maximum absolute atomic E-state index is 13.0. The van der Waals surface area contributed by atoms with Crippen molar-refractivity contribution in [1.29, 1.82) is 0 Å². The Morgan fingerprint density at radius 3 is 2.42 bits per heavy atom. The van der Waals surface area contributed by atoms with Gasteiger partial charge in [0, 0.05) is 24.9 Å². The van der Waals surface area contributed by atoms with Crippen molar-refractivity contribution in [3.8, 4) is 0 Å². The molecule has 0 unspecified atom stereocenters. The van der Waals surface area contributed by atoms with Crippen LogP contribution in [-0.2, 0) is 24.1 Å². The van der Waals surface area contributed by atoms with Crippen LogP contribution in [0, 0.1) is 5.92 Å². The van der Waals surface area contributed by atoms with Gasteiger partial charge in [0.1, 0.15) is 0 Å². The molecule has 3 aliphatic heterocycles. The molecule has 5 heteroatoms. The van der Waals surface area contributed by atoms with Crippen molar-refractivity contribution < 1.29 is 9.59 Å². The number of hydrogen-bond donors (Lipinski definition) is 0. The van der Waals surface area contributed by atoms with Gasteiger partial charge in [0.25, 0.3) is 0 Å². The molecule has 2 aromatic rings. The molecule has 0 spiro atoms. The number of rotatable bonds is 8. The first kappa shape index (κ1) is 24.0. The number of piperidine rings is 1. The number of aryl methyl sites for hydroxylation is 2. The summed E-state index contributed by atoms with van der Waals surface area (Å²) in [6.07, 6.45) is 8.71. The van der Waals surface area contributed by atoms with Gasteiger partial charge in [-0.15, -0.1) is 12.4 Å². The minimum Gasteiger partial charge on any atom is -0.312 e. The zero-order valence-electron chi connectivity index (χ0n) is 19.4. The van der Waals surface area contributed by atoms with Crippen molar-refractivity contribution >= 4 is 29.8 Å². The Bertz CT molecular complexity index is 983. The topological polar surface area (TPSA) is 40.6 Å². The Morgan fingerprint density at radius 1 is 0.939 bits per heavy atom. The Kier molecular flexibility index (Phi) is 7.87. The minimum atomic E-state index is 0. The van der Waals surface area contributed by atoms with Gasteiger partial charge >= 0.3 is 0 Å². The number of halogens is 1. The third kappa shape index (κ3) is 5.50. The standard InChI is InChI=1S/C28H34N2O2.ClH/c31-26(25-19-23-9-11-27(32)30-18-14-24(20-25)28(23)30)10-8-22-12-16-29(17-13-22)15-4-7-21-5-2-1-3-6-21;/h1-3,5-6,19-20,22H,4,7-18H2;1H. The van der Waals surface area contributed by atoms with Crippen LogP contribution in [0.25, 0.3) is 0 Å². The predicted octanol–water partition coefficient (Wildman–Crippen LogP) is 5.25. The number of likely N-dealkylation sites (tertiary alicyclic amines) is 1. The molecule has 3 aliphatic rings.